The number of benzene rings is 4. The van der Waals surface area contributed by atoms with Gasteiger partial charge in [-0.25, -0.2) is 9.97 Å². The summed E-state index contributed by atoms with van der Waals surface area (Å²) in [4.78, 5) is 9.88. The Hall–Kier alpha value is -3.26. The second kappa shape index (κ2) is 6.13. The highest BCUT2D eigenvalue weighted by Crippen LogP contribution is 2.32. The summed E-state index contributed by atoms with van der Waals surface area (Å²) in [6.07, 6.45) is 0. The van der Waals surface area contributed by atoms with Crippen molar-refractivity contribution in [2.75, 3.05) is 0 Å². The molecule has 1 aromatic heterocycles. The maximum atomic E-state index is 5.00. The molecule has 0 spiro atoms. The minimum absolute atomic E-state index is 0.0512. The lowest BCUT2D eigenvalue weighted by Gasteiger charge is -2.20. The summed E-state index contributed by atoms with van der Waals surface area (Å²) in [7, 11) is 0. The number of fused-ring (bicyclic) bond motifs is 4. The molecule has 0 aliphatic carbocycles. The highest BCUT2D eigenvalue weighted by atomic mass is 14.9. The fourth-order valence-corrected chi connectivity index (χ4v) is 3.93. The van der Waals surface area contributed by atoms with Crippen LogP contribution in [0.15, 0.2) is 78.9 Å². The van der Waals surface area contributed by atoms with E-state index in [1.807, 2.05) is 6.07 Å². The van der Waals surface area contributed by atoms with Crippen molar-refractivity contribution < 1.29 is 0 Å². The number of hydrogen-bond donors (Lipinski definition) is 0. The predicted molar refractivity (Wildman–Crippen MR) is 119 cm³/mol. The quantitative estimate of drug-likeness (QED) is 0.303. The third-order valence-corrected chi connectivity index (χ3v) is 5.32. The molecule has 0 saturated heterocycles. The lowest BCUT2D eigenvalue weighted by molar-refractivity contribution is 0.575. The molecular formula is C26H22N2. The van der Waals surface area contributed by atoms with Gasteiger partial charge in [0.1, 0.15) is 0 Å². The Morgan fingerprint density at radius 2 is 1.29 bits per heavy atom. The highest BCUT2D eigenvalue weighted by Gasteiger charge is 2.21. The Labute approximate surface area is 164 Å². The number of aromatic nitrogens is 2. The fraction of sp³-hybridized carbons (Fsp3) is 0.154. The summed E-state index contributed by atoms with van der Waals surface area (Å²) in [5, 5.41) is 6.15. The topological polar surface area (TPSA) is 25.8 Å². The monoisotopic (exact) mass is 362 g/mol. The van der Waals surface area contributed by atoms with Crippen molar-refractivity contribution in [2.24, 2.45) is 0 Å². The van der Waals surface area contributed by atoms with Crippen molar-refractivity contribution in [3.63, 3.8) is 0 Å². The van der Waals surface area contributed by atoms with Gasteiger partial charge in [-0.3, -0.25) is 0 Å². The molecule has 0 atom stereocenters. The van der Waals surface area contributed by atoms with Crippen LogP contribution < -0.4 is 0 Å². The smallest absolute Gasteiger partial charge is 0.160 e. The average molecular weight is 362 g/mol. The van der Waals surface area contributed by atoms with Crippen LogP contribution in [0.2, 0.25) is 0 Å². The minimum atomic E-state index is -0.0512. The maximum Gasteiger partial charge on any atom is 0.160 e. The molecule has 0 saturated carbocycles. The van der Waals surface area contributed by atoms with E-state index in [-0.39, 0.29) is 5.41 Å². The molecule has 0 bridgehead atoms. The van der Waals surface area contributed by atoms with Gasteiger partial charge in [0.2, 0.25) is 0 Å². The van der Waals surface area contributed by atoms with Crippen LogP contribution in [0, 0.1) is 0 Å². The molecule has 0 amide bonds. The van der Waals surface area contributed by atoms with E-state index in [2.05, 4.69) is 93.6 Å². The predicted octanol–water partition coefficient (Wildman–Crippen LogP) is 6.90. The van der Waals surface area contributed by atoms with Crippen LogP contribution >= 0.6 is 0 Å². The first-order chi connectivity index (χ1) is 13.5. The second-order valence-electron chi connectivity index (χ2n) is 8.39. The molecule has 0 aliphatic rings. The van der Waals surface area contributed by atoms with E-state index in [1.54, 1.807) is 0 Å². The summed E-state index contributed by atoms with van der Waals surface area (Å²) < 4.78 is 0. The van der Waals surface area contributed by atoms with E-state index in [0.717, 1.165) is 28.0 Å². The maximum absolute atomic E-state index is 5.00. The summed E-state index contributed by atoms with van der Waals surface area (Å²) >= 11 is 0. The standard InChI is InChI=1S/C26H22N2/c1-26(2,3)24-22-10-6-7-11-23(22)27-25(28-24)19-14-15-21-18(16-19)13-12-17-8-4-5-9-20(17)21/h4-16H,1-3H3. The molecule has 0 unspecified atom stereocenters. The van der Waals surface area contributed by atoms with Crippen molar-refractivity contribution >= 4 is 32.4 Å². The SMILES string of the molecule is CC(C)(C)c1nc(-c2ccc3c(ccc4ccccc43)c2)nc2ccccc12. The van der Waals surface area contributed by atoms with Crippen LogP contribution in [0.1, 0.15) is 26.5 Å². The van der Waals surface area contributed by atoms with Gasteiger partial charge < -0.3 is 0 Å². The van der Waals surface area contributed by atoms with E-state index in [9.17, 15) is 0 Å². The first-order valence-corrected chi connectivity index (χ1v) is 9.70. The molecule has 5 aromatic rings. The summed E-state index contributed by atoms with van der Waals surface area (Å²) in [6.45, 7) is 6.62. The van der Waals surface area contributed by atoms with Gasteiger partial charge in [0.05, 0.1) is 11.2 Å². The number of hydrogen-bond acceptors (Lipinski definition) is 2. The molecule has 4 aromatic carbocycles. The van der Waals surface area contributed by atoms with Crippen LogP contribution in [0.5, 0.6) is 0 Å². The lowest BCUT2D eigenvalue weighted by atomic mass is 9.89. The third-order valence-electron chi connectivity index (χ3n) is 5.32. The number of nitrogens with zero attached hydrogens (tertiary/aromatic N) is 2. The minimum Gasteiger partial charge on any atom is -0.232 e. The Kier molecular flexibility index (Phi) is 3.70. The van der Waals surface area contributed by atoms with Crippen LogP contribution in [-0.2, 0) is 5.41 Å². The molecule has 2 nitrogen and oxygen atoms in total. The van der Waals surface area contributed by atoms with Gasteiger partial charge in [-0.15, -0.1) is 0 Å². The van der Waals surface area contributed by atoms with Gasteiger partial charge in [0.25, 0.3) is 0 Å². The van der Waals surface area contributed by atoms with Gasteiger partial charge in [-0.1, -0.05) is 87.5 Å². The second-order valence-corrected chi connectivity index (χ2v) is 8.39. The lowest BCUT2D eigenvalue weighted by Crippen LogP contribution is -2.15. The zero-order valence-corrected chi connectivity index (χ0v) is 16.4. The number of para-hydroxylation sites is 1. The van der Waals surface area contributed by atoms with E-state index in [0.29, 0.717) is 0 Å². The normalized spacial score (nSPS) is 12.1. The Bertz CT molecular complexity index is 1340. The first kappa shape index (κ1) is 16.9. The fourth-order valence-electron chi connectivity index (χ4n) is 3.93. The van der Waals surface area contributed by atoms with Gasteiger partial charge in [-0.05, 0) is 33.7 Å². The molecule has 136 valence electrons. The molecule has 1 heterocycles. The molecule has 28 heavy (non-hydrogen) atoms. The Balaban J connectivity index is 1.75. The third kappa shape index (κ3) is 2.73. The summed E-state index contributed by atoms with van der Waals surface area (Å²) in [5.41, 5.74) is 3.09. The van der Waals surface area contributed by atoms with Crippen LogP contribution in [0.3, 0.4) is 0 Å². The highest BCUT2D eigenvalue weighted by molar-refractivity contribution is 6.08. The zero-order chi connectivity index (χ0) is 19.3. The van der Waals surface area contributed by atoms with Gasteiger partial charge in [-0.2, -0.15) is 0 Å². The largest absolute Gasteiger partial charge is 0.232 e. The molecule has 0 N–H and O–H groups in total. The van der Waals surface area contributed by atoms with Crippen LogP contribution in [0.25, 0.3) is 43.8 Å². The van der Waals surface area contributed by atoms with Crippen LogP contribution in [-0.4, -0.2) is 9.97 Å². The van der Waals surface area contributed by atoms with Crippen LogP contribution in [0.4, 0.5) is 0 Å². The van der Waals surface area contributed by atoms with E-state index >= 15 is 0 Å². The molecule has 0 fully saturated rings. The van der Waals surface area contributed by atoms with Gasteiger partial charge in [0, 0.05) is 16.4 Å². The first-order valence-electron chi connectivity index (χ1n) is 9.70. The Morgan fingerprint density at radius 1 is 0.607 bits per heavy atom. The van der Waals surface area contributed by atoms with E-state index < -0.39 is 0 Å². The Morgan fingerprint density at radius 3 is 2.11 bits per heavy atom. The molecule has 5 rings (SSSR count). The van der Waals surface area contributed by atoms with Gasteiger partial charge in [0.15, 0.2) is 5.82 Å². The zero-order valence-electron chi connectivity index (χ0n) is 16.4. The van der Waals surface area contributed by atoms with Crippen molar-refractivity contribution in [1.82, 2.24) is 9.97 Å². The van der Waals surface area contributed by atoms with Crippen molar-refractivity contribution in [2.45, 2.75) is 26.2 Å². The van der Waals surface area contributed by atoms with E-state index in [4.69, 9.17) is 9.97 Å². The van der Waals surface area contributed by atoms with Crippen molar-refractivity contribution in [3.8, 4) is 11.4 Å². The molecule has 0 radical (unpaired) electrons. The average Bonchev–Trinajstić information content (AvgIpc) is 2.71. The summed E-state index contributed by atoms with van der Waals surface area (Å²) in [6, 6.07) is 27.7. The van der Waals surface area contributed by atoms with Crippen molar-refractivity contribution in [3.05, 3.63) is 84.6 Å². The molecule has 0 aliphatic heterocycles. The van der Waals surface area contributed by atoms with E-state index in [1.165, 1.54) is 21.5 Å². The van der Waals surface area contributed by atoms with Gasteiger partial charge >= 0.3 is 0 Å². The molecule has 2 heteroatoms. The molecular weight excluding hydrogens is 340 g/mol. The number of rotatable bonds is 1. The summed E-state index contributed by atoms with van der Waals surface area (Å²) in [5.74, 6) is 0.790. The van der Waals surface area contributed by atoms with Crippen molar-refractivity contribution in [1.29, 1.82) is 0 Å².